The molecule has 1 aliphatic rings. The lowest BCUT2D eigenvalue weighted by atomic mass is 9.78. The molecule has 0 saturated heterocycles. The Morgan fingerprint density at radius 1 is 1.03 bits per heavy atom. The third-order valence-electron chi connectivity index (χ3n) is 7.92. The highest BCUT2D eigenvalue weighted by Gasteiger charge is 2.44. The SMILES string of the molecule is CC[Si](CC)(CC)CCOCCCCOC(=O)C=C1c2cc(OC)c(OC)cc2C(C)(C)C1C#N. The number of nitriles is 1. The molecule has 1 atom stereocenters. The molecule has 1 aromatic rings. The number of ether oxygens (including phenoxy) is 4. The Bertz CT molecular complexity index is 922. The molecule has 0 bridgehead atoms. The molecule has 0 heterocycles. The topological polar surface area (TPSA) is 77.8 Å². The number of carbonyl (C=O) groups excluding carboxylic acids is 1. The molecule has 6 nitrogen and oxygen atoms in total. The van der Waals surface area contributed by atoms with E-state index < -0.39 is 25.4 Å². The minimum atomic E-state index is -1.12. The lowest BCUT2D eigenvalue weighted by molar-refractivity contribution is -0.137. The number of unbranched alkanes of at least 4 members (excludes halogenated alkanes) is 1. The van der Waals surface area contributed by atoms with Gasteiger partial charge in [-0.05, 0) is 47.7 Å². The largest absolute Gasteiger partial charge is 0.493 e. The zero-order valence-corrected chi connectivity index (χ0v) is 23.7. The van der Waals surface area contributed by atoms with E-state index >= 15 is 0 Å². The summed E-state index contributed by atoms with van der Waals surface area (Å²) in [6, 6.07) is 11.3. The fourth-order valence-electron chi connectivity index (χ4n) is 5.06. The first-order valence-electron chi connectivity index (χ1n) is 12.9. The lowest BCUT2D eigenvalue weighted by Crippen LogP contribution is -2.32. The van der Waals surface area contributed by atoms with Crippen LogP contribution in [-0.2, 0) is 19.7 Å². The van der Waals surface area contributed by atoms with Crippen LogP contribution in [0, 0.1) is 17.2 Å². The van der Waals surface area contributed by atoms with Crippen LogP contribution in [-0.4, -0.2) is 48.1 Å². The van der Waals surface area contributed by atoms with Crippen molar-refractivity contribution in [2.75, 3.05) is 34.0 Å². The highest BCUT2D eigenvalue weighted by atomic mass is 28.3. The van der Waals surface area contributed by atoms with Gasteiger partial charge >= 0.3 is 5.97 Å². The molecule has 7 heteroatoms. The first-order valence-corrected chi connectivity index (χ1v) is 15.7. The summed E-state index contributed by atoms with van der Waals surface area (Å²) in [7, 11) is 2.04. The molecule has 0 amide bonds. The molecule has 0 spiro atoms. The number of hydrogen-bond acceptors (Lipinski definition) is 6. The number of allylic oxidation sites excluding steroid dienone is 1. The Morgan fingerprint density at radius 3 is 2.20 bits per heavy atom. The predicted octanol–water partition coefficient (Wildman–Crippen LogP) is 6.37. The molecule has 0 aromatic heterocycles. The second-order valence-electron chi connectivity index (χ2n) is 9.93. The van der Waals surface area contributed by atoms with Crippen LogP contribution in [0.3, 0.4) is 0 Å². The molecule has 1 aliphatic carbocycles. The van der Waals surface area contributed by atoms with Gasteiger partial charge in [0.25, 0.3) is 0 Å². The number of benzene rings is 1. The smallest absolute Gasteiger partial charge is 0.331 e. The maximum Gasteiger partial charge on any atom is 0.331 e. The van der Waals surface area contributed by atoms with Crippen molar-refractivity contribution in [2.24, 2.45) is 5.92 Å². The van der Waals surface area contributed by atoms with E-state index in [2.05, 4.69) is 26.8 Å². The highest BCUT2D eigenvalue weighted by molar-refractivity contribution is 6.79. The van der Waals surface area contributed by atoms with E-state index in [9.17, 15) is 10.1 Å². The van der Waals surface area contributed by atoms with Crippen molar-refractivity contribution in [1.82, 2.24) is 0 Å². The Kier molecular flexibility index (Phi) is 10.9. The van der Waals surface area contributed by atoms with Gasteiger partial charge in [-0.1, -0.05) is 52.8 Å². The molecule has 1 unspecified atom stereocenters. The van der Waals surface area contributed by atoms with Crippen molar-refractivity contribution >= 4 is 19.6 Å². The first-order chi connectivity index (χ1) is 16.7. The summed E-state index contributed by atoms with van der Waals surface area (Å²) in [5, 5.41) is 9.91. The minimum Gasteiger partial charge on any atom is -0.493 e. The summed E-state index contributed by atoms with van der Waals surface area (Å²) in [5.41, 5.74) is 1.98. The third kappa shape index (κ3) is 6.68. The molecular weight excluding hydrogens is 458 g/mol. The zero-order valence-electron chi connectivity index (χ0n) is 22.7. The third-order valence-corrected chi connectivity index (χ3v) is 13.7. The molecular formula is C28H43NO5Si. The van der Waals surface area contributed by atoms with Crippen LogP contribution in [0.25, 0.3) is 5.57 Å². The van der Waals surface area contributed by atoms with Crippen LogP contribution in [0.5, 0.6) is 11.5 Å². The van der Waals surface area contributed by atoms with Crippen LogP contribution in [0.15, 0.2) is 18.2 Å². The quantitative estimate of drug-likeness (QED) is 0.128. The van der Waals surface area contributed by atoms with Crippen molar-refractivity contribution in [3.8, 4) is 17.6 Å². The summed E-state index contributed by atoms with van der Waals surface area (Å²) in [6.07, 6.45) is 3.08. The van der Waals surface area contributed by atoms with Gasteiger partial charge in [-0.2, -0.15) is 5.26 Å². The van der Waals surface area contributed by atoms with Crippen molar-refractivity contribution in [3.05, 3.63) is 29.3 Å². The maximum absolute atomic E-state index is 12.6. The van der Waals surface area contributed by atoms with Crippen LogP contribution in [0.2, 0.25) is 24.2 Å². The number of nitrogens with zero attached hydrogens (tertiary/aromatic N) is 1. The number of hydrogen-bond donors (Lipinski definition) is 0. The first kappa shape index (κ1) is 28.9. The number of rotatable bonds is 14. The summed E-state index contributed by atoms with van der Waals surface area (Å²) >= 11 is 0. The van der Waals surface area contributed by atoms with Crippen molar-refractivity contribution in [3.63, 3.8) is 0 Å². The molecule has 1 aromatic carbocycles. The van der Waals surface area contributed by atoms with E-state index in [0.717, 1.165) is 30.6 Å². The average molecular weight is 502 g/mol. The predicted molar refractivity (Wildman–Crippen MR) is 143 cm³/mol. The summed E-state index contributed by atoms with van der Waals surface area (Å²) in [5.74, 6) is 0.273. The monoisotopic (exact) mass is 501 g/mol. The van der Waals surface area contributed by atoms with E-state index in [-0.39, 0.29) is 0 Å². The van der Waals surface area contributed by atoms with E-state index in [0.29, 0.717) is 30.3 Å². The fraction of sp³-hybridized carbons (Fsp3) is 0.643. The molecule has 0 aliphatic heterocycles. The van der Waals surface area contributed by atoms with E-state index in [1.54, 1.807) is 14.2 Å². The molecule has 0 fully saturated rings. The van der Waals surface area contributed by atoms with Gasteiger partial charge < -0.3 is 18.9 Å². The minimum absolute atomic E-state index is 0.336. The van der Waals surface area contributed by atoms with Crippen LogP contribution >= 0.6 is 0 Å². The van der Waals surface area contributed by atoms with Gasteiger partial charge in [0.2, 0.25) is 0 Å². The standard InChI is InChI=1S/C28H43NO5Si/c1-8-35(9-2,10-3)16-15-33-13-11-12-14-34-27(30)18-22-21-17-25(31-6)26(32-7)19-23(21)28(4,5)24(22)20-29/h17-19,24H,8-16H2,1-7H3. The number of esters is 1. The summed E-state index contributed by atoms with van der Waals surface area (Å²) in [4.78, 5) is 12.6. The number of carbonyl (C=O) groups is 1. The molecule has 0 N–H and O–H groups in total. The Morgan fingerprint density at radius 2 is 1.63 bits per heavy atom. The highest BCUT2D eigenvalue weighted by Crippen LogP contribution is 2.52. The molecule has 2 rings (SSSR count). The Labute approximate surface area is 212 Å². The molecule has 0 saturated carbocycles. The summed E-state index contributed by atoms with van der Waals surface area (Å²) in [6.45, 7) is 12.8. The van der Waals surface area contributed by atoms with Gasteiger partial charge in [0.1, 0.15) is 0 Å². The van der Waals surface area contributed by atoms with Crippen LogP contribution < -0.4 is 9.47 Å². The molecule has 35 heavy (non-hydrogen) atoms. The van der Waals surface area contributed by atoms with Crippen molar-refractivity contribution < 1.29 is 23.7 Å². The number of methoxy groups -OCH3 is 2. The second-order valence-corrected chi connectivity index (χ2v) is 15.6. The molecule has 0 radical (unpaired) electrons. The van der Waals surface area contributed by atoms with Gasteiger partial charge in [-0.15, -0.1) is 0 Å². The fourth-order valence-corrected chi connectivity index (χ4v) is 8.20. The lowest BCUT2D eigenvalue weighted by Gasteiger charge is -2.27. The zero-order chi connectivity index (χ0) is 26.1. The van der Waals surface area contributed by atoms with Gasteiger partial charge in [-0.3, -0.25) is 0 Å². The average Bonchev–Trinajstić information content (AvgIpc) is 3.07. The number of fused-ring (bicyclic) bond motifs is 1. The van der Waals surface area contributed by atoms with Gasteiger partial charge in [0.15, 0.2) is 11.5 Å². The van der Waals surface area contributed by atoms with E-state index in [1.807, 2.05) is 26.0 Å². The molecule has 194 valence electrons. The van der Waals surface area contributed by atoms with Gasteiger partial charge in [0.05, 0.1) is 40.9 Å². The van der Waals surface area contributed by atoms with Crippen LogP contribution in [0.1, 0.15) is 58.6 Å². The Hall–Kier alpha value is -2.30. The summed E-state index contributed by atoms with van der Waals surface area (Å²) < 4.78 is 22.2. The normalized spacial score (nSPS) is 17.7. The Balaban J connectivity index is 1.93. The van der Waals surface area contributed by atoms with E-state index in [4.69, 9.17) is 18.9 Å². The van der Waals surface area contributed by atoms with Crippen molar-refractivity contribution in [1.29, 1.82) is 5.26 Å². The van der Waals surface area contributed by atoms with Crippen LogP contribution in [0.4, 0.5) is 0 Å². The van der Waals surface area contributed by atoms with Gasteiger partial charge in [-0.25, -0.2) is 4.79 Å². The van der Waals surface area contributed by atoms with Gasteiger partial charge in [0, 0.05) is 24.7 Å². The van der Waals surface area contributed by atoms with E-state index in [1.165, 1.54) is 30.3 Å². The second kappa shape index (κ2) is 13.1. The maximum atomic E-state index is 12.6. The van der Waals surface area contributed by atoms with Crippen molar-refractivity contribution in [2.45, 2.75) is 77.1 Å².